The monoisotopic (exact) mass is 290 g/mol. The van der Waals surface area contributed by atoms with Crippen LogP contribution in [0.25, 0.3) is 0 Å². The molecule has 0 unspecified atom stereocenters. The highest BCUT2D eigenvalue weighted by molar-refractivity contribution is 7.86. The van der Waals surface area contributed by atoms with Crippen LogP contribution in [0, 0.1) is 5.82 Å². The van der Waals surface area contributed by atoms with Crippen LogP contribution in [-0.4, -0.2) is 49.4 Å². The topological polar surface area (TPSA) is 60.9 Å². The second-order valence-corrected chi connectivity index (χ2v) is 6.43. The van der Waals surface area contributed by atoms with Crippen molar-refractivity contribution in [3.05, 3.63) is 35.6 Å². The Morgan fingerprint density at radius 2 is 1.74 bits per heavy atom. The highest BCUT2D eigenvalue weighted by atomic mass is 32.2. The maximum absolute atomic E-state index is 12.8. The summed E-state index contributed by atoms with van der Waals surface area (Å²) < 4.78 is 39.3. The van der Waals surface area contributed by atoms with E-state index in [1.807, 2.05) is 0 Å². The van der Waals surface area contributed by atoms with Crippen LogP contribution in [0.5, 0.6) is 0 Å². The van der Waals surface area contributed by atoms with Gasteiger partial charge in [0, 0.05) is 33.8 Å². The Balaban J connectivity index is 2.70. The molecule has 108 valence electrons. The van der Waals surface area contributed by atoms with E-state index in [0.29, 0.717) is 12.0 Å². The number of benzene rings is 1. The van der Waals surface area contributed by atoms with Gasteiger partial charge in [0.25, 0.3) is 10.2 Å². The first-order valence-corrected chi connectivity index (χ1v) is 7.30. The van der Waals surface area contributed by atoms with Crippen LogP contribution in [-0.2, 0) is 16.8 Å². The number of halogens is 1. The lowest BCUT2D eigenvalue weighted by Crippen LogP contribution is -2.39. The molecule has 0 fully saturated rings. The molecular formula is C12H19FN2O3S. The number of rotatable bonds is 7. The Labute approximate surface area is 113 Å². The molecule has 0 aliphatic carbocycles. The fraction of sp³-hybridized carbons (Fsp3) is 0.500. The van der Waals surface area contributed by atoms with Gasteiger partial charge >= 0.3 is 0 Å². The van der Waals surface area contributed by atoms with Crippen LogP contribution >= 0.6 is 0 Å². The van der Waals surface area contributed by atoms with Gasteiger partial charge in [-0.3, -0.25) is 0 Å². The quantitative estimate of drug-likeness (QED) is 0.808. The fourth-order valence-electron chi connectivity index (χ4n) is 1.58. The summed E-state index contributed by atoms with van der Waals surface area (Å²) in [5, 5.41) is 8.71. The number of hydrogen-bond donors (Lipinski definition) is 1. The zero-order chi connectivity index (χ0) is 14.5. The van der Waals surface area contributed by atoms with Crippen molar-refractivity contribution in [3.8, 4) is 0 Å². The molecule has 1 aromatic rings. The van der Waals surface area contributed by atoms with Crippen molar-refractivity contribution in [2.24, 2.45) is 0 Å². The second kappa shape index (κ2) is 6.95. The zero-order valence-corrected chi connectivity index (χ0v) is 11.9. The normalized spacial score (nSPS) is 12.3. The van der Waals surface area contributed by atoms with Crippen LogP contribution in [0.1, 0.15) is 12.0 Å². The van der Waals surface area contributed by atoms with Crippen molar-refractivity contribution in [1.29, 1.82) is 0 Å². The summed E-state index contributed by atoms with van der Waals surface area (Å²) >= 11 is 0. The molecule has 0 atom stereocenters. The molecule has 0 saturated heterocycles. The first-order chi connectivity index (χ1) is 8.87. The smallest absolute Gasteiger partial charge is 0.281 e. The van der Waals surface area contributed by atoms with E-state index in [-0.39, 0.29) is 25.5 Å². The molecule has 1 N–H and O–H groups in total. The van der Waals surface area contributed by atoms with Crippen molar-refractivity contribution < 1.29 is 17.9 Å². The number of aliphatic hydroxyl groups is 1. The maximum atomic E-state index is 12.8. The lowest BCUT2D eigenvalue weighted by molar-refractivity contribution is 0.272. The van der Waals surface area contributed by atoms with Gasteiger partial charge < -0.3 is 5.11 Å². The molecular weight excluding hydrogens is 271 g/mol. The summed E-state index contributed by atoms with van der Waals surface area (Å²) in [4.78, 5) is 0. The van der Waals surface area contributed by atoms with E-state index in [4.69, 9.17) is 5.11 Å². The third-order valence-corrected chi connectivity index (χ3v) is 4.62. The van der Waals surface area contributed by atoms with Gasteiger partial charge in [0.1, 0.15) is 5.82 Å². The first kappa shape index (κ1) is 16.0. The molecule has 1 rings (SSSR count). The predicted octanol–water partition coefficient (Wildman–Crippen LogP) is 0.817. The second-order valence-electron chi connectivity index (χ2n) is 4.29. The van der Waals surface area contributed by atoms with Crippen LogP contribution in [0.4, 0.5) is 4.39 Å². The fourth-order valence-corrected chi connectivity index (χ4v) is 2.72. The van der Waals surface area contributed by atoms with Crippen LogP contribution in [0.15, 0.2) is 24.3 Å². The Bertz CT molecular complexity index is 490. The minimum absolute atomic E-state index is 0.0540. The van der Waals surface area contributed by atoms with E-state index < -0.39 is 10.2 Å². The van der Waals surface area contributed by atoms with Gasteiger partial charge in [-0.25, -0.2) is 4.39 Å². The SMILES string of the molecule is CN(CCCO)S(=O)(=O)N(C)Cc1ccc(F)cc1. The summed E-state index contributed by atoms with van der Waals surface area (Å²) in [6.07, 6.45) is 0.389. The lowest BCUT2D eigenvalue weighted by Gasteiger charge is -2.24. The Kier molecular flexibility index (Phi) is 5.86. The first-order valence-electron chi connectivity index (χ1n) is 5.91. The molecule has 1 aromatic carbocycles. The Hall–Kier alpha value is -1.02. The summed E-state index contributed by atoms with van der Waals surface area (Å²) in [6, 6.07) is 5.70. The molecule has 0 saturated carbocycles. The van der Waals surface area contributed by atoms with Crippen LogP contribution in [0.3, 0.4) is 0 Å². The molecule has 0 spiro atoms. The Morgan fingerprint density at radius 3 is 2.26 bits per heavy atom. The summed E-state index contributed by atoms with van der Waals surface area (Å²) in [5.74, 6) is -0.352. The molecule has 0 aliphatic heterocycles. The molecule has 0 heterocycles. The average molecular weight is 290 g/mol. The van der Waals surface area contributed by atoms with Crippen molar-refractivity contribution in [2.75, 3.05) is 27.2 Å². The van der Waals surface area contributed by atoms with Gasteiger partial charge in [0.05, 0.1) is 0 Å². The van der Waals surface area contributed by atoms with E-state index in [2.05, 4.69) is 0 Å². The van der Waals surface area contributed by atoms with Gasteiger partial charge in [-0.2, -0.15) is 17.0 Å². The minimum Gasteiger partial charge on any atom is -0.396 e. The number of nitrogens with zero attached hydrogens (tertiary/aromatic N) is 2. The molecule has 0 aromatic heterocycles. The lowest BCUT2D eigenvalue weighted by atomic mass is 10.2. The summed E-state index contributed by atoms with van der Waals surface area (Å²) in [6.45, 7) is 0.375. The largest absolute Gasteiger partial charge is 0.396 e. The van der Waals surface area contributed by atoms with Crippen LogP contribution in [0.2, 0.25) is 0 Å². The van der Waals surface area contributed by atoms with Gasteiger partial charge in [-0.1, -0.05) is 12.1 Å². The summed E-state index contributed by atoms with van der Waals surface area (Å²) in [7, 11) is -0.627. The van der Waals surface area contributed by atoms with Crippen molar-refractivity contribution in [3.63, 3.8) is 0 Å². The van der Waals surface area contributed by atoms with Crippen molar-refractivity contribution >= 4 is 10.2 Å². The molecule has 19 heavy (non-hydrogen) atoms. The van der Waals surface area contributed by atoms with Crippen LogP contribution < -0.4 is 0 Å². The zero-order valence-electron chi connectivity index (χ0n) is 11.1. The molecule has 7 heteroatoms. The van der Waals surface area contributed by atoms with E-state index in [1.165, 1.54) is 34.8 Å². The molecule has 0 bridgehead atoms. The maximum Gasteiger partial charge on any atom is 0.281 e. The molecule has 0 radical (unpaired) electrons. The molecule has 0 aliphatic rings. The van der Waals surface area contributed by atoms with Gasteiger partial charge in [-0.05, 0) is 24.1 Å². The van der Waals surface area contributed by atoms with Gasteiger partial charge in [-0.15, -0.1) is 0 Å². The minimum atomic E-state index is -3.56. The third-order valence-electron chi connectivity index (χ3n) is 2.74. The summed E-state index contributed by atoms with van der Waals surface area (Å²) in [5.41, 5.74) is 0.711. The highest BCUT2D eigenvalue weighted by Crippen LogP contribution is 2.11. The van der Waals surface area contributed by atoms with Crippen molar-refractivity contribution in [2.45, 2.75) is 13.0 Å². The van der Waals surface area contributed by atoms with E-state index in [9.17, 15) is 12.8 Å². The highest BCUT2D eigenvalue weighted by Gasteiger charge is 2.23. The molecule has 0 amide bonds. The van der Waals surface area contributed by atoms with E-state index in [1.54, 1.807) is 12.1 Å². The Morgan fingerprint density at radius 1 is 1.16 bits per heavy atom. The van der Waals surface area contributed by atoms with Gasteiger partial charge in [0.15, 0.2) is 0 Å². The van der Waals surface area contributed by atoms with E-state index >= 15 is 0 Å². The van der Waals surface area contributed by atoms with Crippen molar-refractivity contribution in [1.82, 2.24) is 8.61 Å². The number of hydrogen-bond acceptors (Lipinski definition) is 3. The third kappa shape index (κ3) is 4.54. The van der Waals surface area contributed by atoms with Gasteiger partial charge in [0.2, 0.25) is 0 Å². The predicted molar refractivity (Wildman–Crippen MR) is 71.1 cm³/mol. The number of aliphatic hydroxyl groups excluding tert-OH is 1. The molecule has 5 nitrogen and oxygen atoms in total. The standard InChI is InChI=1S/C12H19FN2O3S/c1-14(8-3-9-16)19(17,18)15(2)10-11-4-6-12(13)7-5-11/h4-7,16H,3,8-10H2,1-2H3. The van der Waals surface area contributed by atoms with E-state index in [0.717, 1.165) is 0 Å². The average Bonchev–Trinajstić information content (AvgIpc) is 2.38.